The van der Waals surface area contributed by atoms with Crippen LogP contribution < -0.4 is 5.32 Å². The predicted octanol–water partition coefficient (Wildman–Crippen LogP) is 2.73. The van der Waals surface area contributed by atoms with Crippen LogP contribution in [-0.2, 0) is 13.0 Å². The zero-order valence-corrected chi connectivity index (χ0v) is 10.8. The quantitative estimate of drug-likeness (QED) is 0.761. The van der Waals surface area contributed by atoms with Crippen LogP contribution in [0.5, 0.6) is 0 Å². The van der Waals surface area contributed by atoms with Crippen LogP contribution in [0.15, 0.2) is 36.9 Å². The molecule has 0 aliphatic carbocycles. The van der Waals surface area contributed by atoms with Crippen LogP contribution >= 0.6 is 0 Å². The minimum Gasteiger partial charge on any atom is -0.356 e. The molecule has 2 aromatic heterocycles. The summed E-state index contributed by atoms with van der Waals surface area (Å²) in [7, 11) is 0. The van der Waals surface area contributed by atoms with Crippen molar-refractivity contribution in [3.05, 3.63) is 42.5 Å². The van der Waals surface area contributed by atoms with Crippen LogP contribution in [0.25, 0.3) is 0 Å². The Balaban J connectivity index is 1.87. The third-order valence-electron chi connectivity index (χ3n) is 2.89. The summed E-state index contributed by atoms with van der Waals surface area (Å²) >= 11 is 0. The average molecular weight is 244 g/mol. The van der Waals surface area contributed by atoms with E-state index in [4.69, 9.17) is 0 Å². The van der Waals surface area contributed by atoms with Crippen LogP contribution in [0, 0.1) is 0 Å². The molecule has 18 heavy (non-hydrogen) atoms. The Labute approximate surface area is 108 Å². The highest BCUT2D eigenvalue weighted by Gasteiger charge is 2.01. The van der Waals surface area contributed by atoms with Crippen molar-refractivity contribution >= 4 is 5.95 Å². The fraction of sp³-hybridized carbons (Fsp3) is 0.429. The molecule has 1 N–H and O–H groups in total. The maximum absolute atomic E-state index is 4.34. The summed E-state index contributed by atoms with van der Waals surface area (Å²) in [5.74, 6) is 0.965. The maximum Gasteiger partial charge on any atom is 0.202 e. The average Bonchev–Trinajstić information content (AvgIpc) is 2.86. The smallest absolute Gasteiger partial charge is 0.202 e. The molecular weight excluding hydrogens is 224 g/mol. The van der Waals surface area contributed by atoms with Crippen LogP contribution in [0.2, 0.25) is 0 Å². The van der Waals surface area contributed by atoms with E-state index in [1.165, 1.54) is 18.4 Å². The first kappa shape index (κ1) is 12.6. The van der Waals surface area contributed by atoms with E-state index in [0.717, 1.165) is 25.5 Å². The second kappa shape index (κ2) is 6.79. The summed E-state index contributed by atoms with van der Waals surface area (Å²) in [6.45, 7) is 4.11. The molecule has 0 amide bonds. The van der Waals surface area contributed by atoms with Gasteiger partial charge in [0.05, 0.1) is 0 Å². The van der Waals surface area contributed by atoms with Crippen molar-refractivity contribution in [2.75, 3.05) is 11.9 Å². The zero-order chi connectivity index (χ0) is 12.6. The predicted molar refractivity (Wildman–Crippen MR) is 73.6 cm³/mol. The molecule has 0 atom stereocenters. The van der Waals surface area contributed by atoms with Gasteiger partial charge >= 0.3 is 0 Å². The van der Waals surface area contributed by atoms with E-state index in [1.807, 2.05) is 24.7 Å². The minimum atomic E-state index is 0.931. The second-order valence-electron chi connectivity index (χ2n) is 4.34. The number of hydrogen-bond acceptors (Lipinski definition) is 3. The lowest BCUT2D eigenvalue weighted by Crippen LogP contribution is -2.09. The molecule has 96 valence electrons. The number of imidazole rings is 1. The molecule has 0 aliphatic rings. The minimum absolute atomic E-state index is 0.931. The van der Waals surface area contributed by atoms with E-state index in [9.17, 15) is 0 Å². The fourth-order valence-electron chi connectivity index (χ4n) is 1.83. The Hall–Kier alpha value is -1.84. The van der Waals surface area contributed by atoms with E-state index in [-0.39, 0.29) is 0 Å². The highest BCUT2D eigenvalue weighted by Crippen LogP contribution is 2.07. The Morgan fingerprint density at radius 1 is 1.33 bits per heavy atom. The van der Waals surface area contributed by atoms with Crippen molar-refractivity contribution < 1.29 is 0 Å². The summed E-state index contributed by atoms with van der Waals surface area (Å²) in [5.41, 5.74) is 1.26. The monoisotopic (exact) mass is 244 g/mol. The van der Waals surface area contributed by atoms with Crippen LogP contribution in [0.1, 0.15) is 25.3 Å². The first-order valence-corrected chi connectivity index (χ1v) is 6.54. The van der Waals surface area contributed by atoms with Crippen molar-refractivity contribution in [1.82, 2.24) is 14.5 Å². The molecule has 0 bridgehead atoms. The number of unbranched alkanes of at least 4 members (excludes halogenated alkanes) is 1. The molecule has 4 heteroatoms. The van der Waals surface area contributed by atoms with Gasteiger partial charge in [-0.25, -0.2) is 4.98 Å². The van der Waals surface area contributed by atoms with Gasteiger partial charge in [0.2, 0.25) is 5.95 Å². The molecule has 4 nitrogen and oxygen atoms in total. The molecule has 0 fully saturated rings. The van der Waals surface area contributed by atoms with E-state index in [0.29, 0.717) is 0 Å². The zero-order valence-electron chi connectivity index (χ0n) is 10.8. The topological polar surface area (TPSA) is 42.7 Å². The standard InChI is InChI=1S/C14H20N4/c1-2-3-8-16-14-17-9-11-18(14)10-6-13-5-4-7-15-12-13/h4-5,7,9,11-12H,2-3,6,8,10H2,1H3,(H,16,17). The molecule has 2 aromatic rings. The Morgan fingerprint density at radius 2 is 2.28 bits per heavy atom. The molecule has 2 heterocycles. The van der Waals surface area contributed by atoms with Crippen molar-refractivity contribution in [3.63, 3.8) is 0 Å². The fourth-order valence-corrected chi connectivity index (χ4v) is 1.83. The summed E-state index contributed by atoms with van der Waals surface area (Å²) < 4.78 is 2.16. The number of aromatic nitrogens is 3. The SMILES string of the molecule is CCCCNc1nccn1CCc1cccnc1. The number of pyridine rings is 1. The van der Waals surface area contributed by atoms with Gasteiger partial charge < -0.3 is 9.88 Å². The van der Waals surface area contributed by atoms with Gasteiger partial charge in [0, 0.05) is 37.9 Å². The van der Waals surface area contributed by atoms with Gasteiger partial charge in [-0.1, -0.05) is 19.4 Å². The van der Waals surface area contributed by atoms with Crippen LogP contribution in [0.4, 0.5) is 5.95 Å². The first-order chi connectivity index (χ1) is 8.90. The molecule has 0 aliphatic heterocycles. The van der Waals surface area contributed by atoms with E-state index in [2.05, 4.69) is 32.8 Å². The number of nitrogens with one attached hydrogen (secondary N) is 1. The lowest BCUT2D eigenvalue weighted by Gasteiger charge is -2.09. The van der Waals surface area contributed by atoms with Crippen molar-refractivity contribution in [2.24, 2.45) is 0 Å². The van der Waals surface area contributed by atoms with Gasteiger partial charge in [-0.3, -0.25) is 4.98 Å². The molecule has 0 radical (unpaired) electrons. The summed E-state index contributed by atoms with van der Waals surface area (Å²) in [6.07, 6.45) is 10.9. The van der Waals surface area contributed by atoms with Gasteiger partial charge in [0.15, 0.2) is 0 Å². The number of aryl methyl sites for hydroxylation is 2. The number of hydrogen-bond donors (Lipinski definition) is 1. The molecule has 0 unspecified atom stereocenters. The number of nitrogens with zero attached hydrogens (tertiary/aromatic N) is 3. The van der Waals surface area contributed by atoms with E-state index < -0.39 is 0 Å². The van der Waals surface area contributed by atoms with Crippen molar-refractivity contribution in [2.45, 2.75) is 32.7 Å². The lowest BCUT2D eigenvalue weighted by molar-refractivity contribution is 0.694. The first-order valence-electron chi connectivity index (χ1n) is 6.54. The summed E-state index contributed by atoms with van der Waals surface area (Å²) in [6, 6.07) is 4.08. The molecule has 2 rings (SSSR count). The summed E-state index contributed by atoms with van der Waals surface area (Å²) in [4.78, 5) is 8.46. The normalized spacial score (nSPS) is 10.5. The van der Waals surface area contributed by atoms with Gasteiger partial charge in [-0.15, -0.1) is 0 Å². The third-order valence-corrected chi connectivity index (χ3v) is 2.89. The Morgan fingerprint density at radius 3 is 3.06 bits per heavy atom. The lowest BCUT2D eigenvalue weighted by atomic mass is 10.2. The van der Waals surface area contributed by atoms with Crippen molar-refractivity contribution in [1.29, 1.82) is 0 Å². The molecule has 0 saturated heterocycles. The second-order valence-corrected chi connectivity index (χ2v) is 4.34. The molecule has 0 saturated carbocycles. The molecule has 0 aromatic carbocycles. The number of rotatable bonds is 7. The molecule has 0 spiro atoms. The van der Waals surface area contributed by atoms with E-state index >= 15 is 0 Å². The van der Waals surface area contributed by atoms with Crippen LogP contribution in [0.3, 0.4) is 0 Å². The van der Waals surface area contributed by atoms with Gasteiger partial charge in [0.25, 0.3) is 0 Å². The summed E-state index contributed by atoms with van der Waals surface area (Å²) in [5, 5.41) is 3.37. The maximum atomic E-state index is 4.34. The molecular formula is C14H20N4. The van der Waals surface area contributed by atoms with Gasteiger partial charge in [0.1, 0.15) is 0 Å². The van der Waals surface area contributed by atoms with E-state index in [1.54, 1.807) is 6.20 Å². The Bertz CT molecular complexity index is 450. The third kappa shape index (κ3) is 3.58. The Kier molecular flexibility index (Phi) is 4.76. The highest BCUT2D eigenvalue weighted by atomic mass is 15.2. The number of anilines is 1. The van der Waals surface area contributed by atoms with Gasteiger partial charge in [-0.05, 0) is 24.5 Å². The highest BCUT2D eigenvalue weighted by molar-refractivity contribution is 5.25. The largest absolute Gasteiger partial charge is 0.356 e. The van der Waals surface area contributed by atoms with Crippen LogP contribution in [-0.4, -0.2) is 21.1 Å². The van der Waals surface area contributed by atoms with Crippen molar-refractivity contribution in [3.8, 4) is 0 Å². The van der Waals surface area contributed by atoms with Gasteiger partial charge in [-0.2, -0.15) is 0 Å².